The molecule has 2 N–H and O–H groups in total. The summed E-state index contributed by atoms with van der Waals surface area (Å²) in [5, 5.41) is 2.38. The molecule has 2 aliphatic heterocycles. The average molecular weight is 494 g/mol. The van der Waals surface area contributed by atoms with Crippen LogP contribution in [0.15, 0.2) is 46.2 Å². The number of aryl methyl sites for hydroxylation is 1. The minimum Gasteiger partial charge on any atom is -0.341 e. The number of carbonyl (C=O) groups excluding carboxylic acids is 2. The van der Waals surface area contributed by atoms with Gasteiger partial charge in [-0.2, -0.15) is 0 Å². The number of likely N-dealkylation sites (tertiary alicyclic amines) is 1. The molecule has 0 saturated carbocycles. The molecule has 10 heteroatoms. The predicted octanol–water partition coefficient (Wildman–Crippen LogP) is 4.26. The Balaban J connectivity index is 1.53. The lowest BCUT2D eigenvalue weighted by Gasteiger charge is -2.28. The molecule has 2 heterocycles. The molecule has 0 aliphatic carbocycles. The first-order chi connectivity index (χ1) is 15.2. The van der Waals surface area contributed by atoms with Crippen molar-refractivity contribution in [3.05, 3.63) is 47.0 Å². The lowest BCUT2D eigenvalue weighted by atomic mass is 10.2. The van der Waals surface area contributed by atoms with Crippen LogP contribution in [-0.4, -0.2) is 43.5 Å². The van der Waals surface area contributed by atoms with Crippen LogP contribution in [0.4, 0.5) is 11.4 Å². The summed E-state index contributed by atoms with van der Waals surface area (Å²) in [6.45, 7) is 3.10. The maximum atomic E-state index is 12.9. The zero-order valence-electron chi connectivity index (χ0n) is 17.6. The highest BCUT2D eigenvalue weighted by Gasteiger charge is 2.36. The van der Waals surface area contributed by atoms with Gasteiger partial charge in [0.25, 0.3) is 10.0 Å². The number of sulfonamides is 1. The minimum atomic E-state index is -3.88. The van der Waals surface area contributed by atoms with Gasteiger partial charge < -0.3 is 10.2 Å². The van der Waals surface area contributed by atoms with Crippen LogP contribution in [0.25, 0.3) is 0 Å². The van der Waals surface area contributed by atoms with E-state index >= 15 is 0 Å². The normalized spacial score (nSPS) is 19.0. The van der Waals surface area contributed by atoms with Crippen LogP contribution >= 0.6 is 23.4 Å². The summed E-state index contributed by atoms with van der Waals surface area (Å²) in [6.07, 6.45) is 4.08. The molecular formula is C22H24ClN3O4S2. The third-order valence-corrected chi connectivity index (χ3v) is 8.44. The molecule has 0 bridgehead atoms. The zero-order valence-corrected chi connectivity index (χ0v) is 19.9. The number of anilines is 2. The average Bonchev–Trinajstić information content (AvgIpc) is 3.04. The Morgan fingerprint density at radius 2 is 1.84 bits per heavy atom. The molecule has 2 aromatic rings. The first-order valence-corrected chi connectivity index (χ1v) is 13.2. The van der Waals surface area contributed by atoms with Gasteiger partial charge in [0.2, 0.25) is 11.8 Å². The summed E-state index contributed by atoms with van der Waals surface area (Å²) >= 11 is 7.11. The number of hydrogen-bond acceptors (Lipinski definition) is 5. The van der Waals surface area contributed by atoms with Crippen LogP contribution < -0.4 is 10.0 Å². The summed E-state index contributed by atoms with van der Waals surface area (Å²) in [5.41, 5.74) is 1.50. The summed E-state index contributed by atoms with van der Waals surface area (Å²) < 4.78 is 28.3. The van der Waals surface area contributed by atoms with Crippen molar-refractivity contribution < 1.29 is 18.0 Å². The van der Waals surface area contributed by atoms with Gasteiger partial charge in [-0.3, -0.25) is 14.3 Å². The molecule has 4 rings (SSSR count). The van der Waals surface area contributed by atoms with Crippen LogP contribution in [-0.2, 0) is 19.6 Å². The number of hydrogen-bond donors (Lipinski definition) is 2. The number of benzene rings is 2. The van der Waals surface area contributed by atoms with Gasteiger partial charge in [0.05, 0.1) is 16.3 Å². The zero-order chi connectivity index (χ0) is 22.9. The Bertz CT molecular complexity index is 1160. The Kier molecular flexibility index (Phi) is 6.69. The molecule has 2 aliphatic rings. The van der Waals surface area contributed by atoms with Crippen molar-refractivity contribution in [3.8, 4) is 0 Å². The standard InChI is InChI=1S/C22H24ClN3O4S2/c1-14-12-15(23)6-8-17(14)25-32(29,30)16-7-9-19-18(13-16)24-21(27)20(31-19)22(28)26-10-4-2-3-5-11-26/h6-9,12-13,20,25H,2-5,10-11H2,1H3,(H,24,27)/t20-/m1/s1. The van der Waals surface area contributed by atoms with E-state index in [1.54, 1.807) is 36.1 Å². The fourth-order valence-corrected chi connectivity index (χ4v) is 6.26. The van der Waals surface area contributed by atoms with Crippen molar-refractivity contribution in [1.82, 2.24) is 4.90 Å². The van der Waals surface area contributed by atoms with Gasteiger partial charge in [-0.25, -0.2) is 8.42 Å². The number of fused-ring (bicyclic) bond motifs is 1. The highest BCUT2D eigenvalue weighted by Crippen LogP contribution is 2.38. The number of halogens is 1. The quantitative estimate of drug-likeness (QED) is 0.620. The number of carbonyl (C=O) groups is 2. The van der Waals surface area contributed by atoms with E-state index in [1.807, 2.05) is 0 Å². The largest absolute Gasteiger partial charge is 0.341 e. The molecule has 0 spiro atoms. The van der Waals surface area contributed by atoms with E-state index in [4.69, 9.17) is 11.6 Å². The molecule has 0 radical (unpaired) electrons. The third-order valence-electron chi connectivity index (χ3n) is 5.58. The Morgan fingerprint density at radius 3 is 2.53 bits per heavy atom. The molecule has 1 atom stereocenters. The van der Waals surface area contributed by atoms with Crippen molar-refractivity contribution in [2.24, 2.45) is 0 Å². The molecule has 1 fully saturated rings. The fourth-order valence-electron chi connectivity index (χ4n) is 3.82. The van der Waals surface area contributed by atoms with Crippen LogP contribution in [0, 0.1) is 6.92 Å². The van der Waals surface area contributed by atoms with Crippen LogP contribution in [0.1, 0.15) is 31.2 Å². The summed E-state index contributed by atoms with van der Waals surface area (Å²) in [7, 11) is -3.88. The Morgan fingerprint density at radius 1 is 1.12 bits per heavy atom. The number of nitrogens with one attached hydrogen (secondary N) is 2. The monoisotopic (exact) mass is 493 g/mol. The van der Waals surface area contributed by atoms with Crippen molar-refractivity contribution >= 4 is 56.6 Å². The summed E-state index contributed by atoms with van der Waals surface area (Å²) in [5.74, 6) is -0.607. The molecule has 1 saturated heterocycles. The van der Waals surface area contributed by atoms with E-state index < -0.39 is 21.2 Å². The third kappa shape index (κ3) is 4.89. The van der Waals surface area contributed by atoms with E-state index in [0.717, 1.165) is 25.7 Å². The van der Waals surface area contributed by atoms with Crippen molar-refractivity contribution in [1.29, 1.82) is 0 Å². The maximum absolute atomic E-state index is 12.9. The fraction of sp³-hybridized carbons (Fsp3) is 0.364. The number of nitrogens with zero attached hydrogens (tertiary/aromatic N) is 1. The van der Waals surface area contributed by atoms with Gasteiger partial charge in [0.1, 0.15) is 0 Å². The first kappa shape index (κ1) is 22.9. The Hall–Kier alpha value is -2.23. The van der Waals surface area contributed by atoms with E-state index in [0.29, 0.717) is 39.9 Å². The van der Waals surface area contributed by atoms with Crippen molar-refractivity contribution in [2.75, 3.05) is 23.1 Å². The predicted molar refractivity (Wildman–Crippen MR) is 127 cm³/mol. The van der Waals surface area contributed by atoms with Gasteiger partial charge in [-0.1, -0.05) is 24.4 Å². The summed E-state index contributed by atoms with van der Waals surface area (Å²) in [6, 6.07) is 9.41. The molecule has 0 aromatic heterocycles. The lowest BCUT2D eigenvalue weighted by molar-refractivity contribution is -0.133. The second-order valence-electron chi connectivity index (χ2n) is 7.95. The van der Waals surface area contributed by atoms with E-state index in [1.165, 1.54) is 23.9 Å². The lowest BCUT2D eigenvalue weighted by Crippen LogP contribution is -2.45. The molecule has 170 valence electrons. The van der Waals surface area contributed by atoms with Crippen molar-refractivity contribution in [2.45, 2.75) is 47.6 Å². The van der Waals surface area contributed by atoms with Crippen LogP contribution in [0.5, 0.6) is 0 Å². The second-order valence-corrected chi connectivity index (χ2v) is 11.2. The molecule has 7 nitrogen and oxygen atoms in total. The second kappa shape index (κ2) is 9.33. The molecular weight excluding hydrogens is 470 g/mol. The molecule has 2 aromatic carbocycles. The van der Waals surface area contributed by atoms with E-state index in [9.17, 15) is 18.0 Å². The van der Waals surface area contributed by atoms with E-state index in [2.05, 4.69) is 10.0 Å². The first-order valence-electron chi connectivity index (χ1n) is 10.4. The maximum Gasteiger partial charge on any atom is 0.261 e. The van der Waals surface area contributed by atoms with E-state index in [-0.39, 0.29) is 10.8 Å². The molecule has 0 unspecified atom stereocenters. The van der Waals surface area contributed by atoms with Gasteiger partial charge in [0, 0.05) is 23.0 Å². The number of thioether (sulfide) groups is 1. The number of rotatable bonds is 4. The Labute approximate surface area is 196 Å². The SMILES string of the molecule is Cc1cc(Cl)ccc1NS(=O)(=O)c1ccc2c(c1)NC(=O)[C@H](C(=O)N1CCCCCC1)S2. The van der Waals surface area contributed by atoms with Gasteiger partial charge >= 0.3 is 0 Å². The van der Waals surface area contributed by atoms with Crippen LogP contribution in [0.2, 0.25) is 5.02 Å². The molecule has 2 amide bonds. The smallest absolute Gasteiger partial charge is 0.261 e. The van der Waals surface area contributed by atoms with Gasteiger partial charge in [0.15, 0.2) is 5.25 Å². The summed E-state index contributed by atoms with van der Waals surface area (Å²) in [4.78, 5) is 28.1. The topological polar surface area (TPSA) is 95.6 Å². The van der Waals surface area contributed by atoms with Gasteiger partial charge in [-0.15, -0.1) is 11.8 Å². The van der Waals surface area contributed by atoms with Crippen LogP contribution in [0.3, 0.4) is 0 Å². The highest BCUT2D eigenvalue weighted by molar-refractivity contribution is 8.01. The van der Waals surface area contributed by atoms with Crippen molar-refractivity contribution in [3.63, 3.8) is 0 Å². The number of amides is 2. The molecule has 32 heavy (non-hydrogen) atoms. The van der Waals surface area contributed by atoms with Gasteiger partial charge in [-0.05, 0) is 61.7 Å². The minimum absolute atomic E-state index is 0.0174. The highest BCUT2D eigenvalue weighted by atomic mass is 35.5.